The minimum absolute atomic E-state index is 0.0453. The lowest BCUT2D eigenvalue weighted by Gasteiger charge is -2.63. The summed E-state index contributed by atoms with van der Waals surface area (Å²) >= 11 is 0. The molecular weight excluding hydrogens is 472 g/mol. The first-order valence-corrected chi connectivity index (χ1v) is 13.2. The summed E-state index contributed by atoms with van der Waals surface area (Å²) in [5, 5.41) is 43.6. The standard InChI is InChI=1S/C30H42O7/c1-25(2,36)12-11-21(33)30(8,37)23-19(32)14-27(5)20-10-9-16-17(13-18(31)24(35)26(16,3)4)29(20,7)22(34)15-28(23,27)6/h9,11-13,17,19-20,23,31-32,36-37H,10,14-15H2,1-8H3/b12-11+/t17?,19-,20?,23+,27+,28-,29+,30+/m1/s1. The molecule has 0 radical (unpaired) electrons. The minimum Gasteiger partial charge on any atom is -0.505 e. The monoisotopic (exact) mass is 514 g/mol. The van der Waals surface area contributed by atoms with Gasteiger partial charge in [0.05, 0.1) is 17.1 Å². The van der Waals surface area contributed by atoms with Gasteiger partial charge in [-0.3, -0.25) is 14.4 Å². The smallest absolute Gasteiger partial charge is 0.206 e. The van der Waals surface area contributed by atoms with Gasteiger partial charge in [-0.25, -0.2) is 0 Å². The van der Waals surface area contributed by atoms with Crippen LogP contribution in [0.5, 0.6) is 0 Å². The van der Waals surface area contributed by atoms with Crippen molar-refractivity contribution in [3.05, 3.63) is 35.6 Å². The van der Waals surface area contributed by atoms with Crippen LogP contribution in [0.2, 0.25) is 0 Å². The van der Waals surface area contributed by atoms with Crippen molar-refractivity contribution in [2.75, 3.05) is 0 Å². The number of Topliss-reactive ketones (excluding diaryl/α,β-unsaturated/α-hetero) is 2. The molecule has 7 nitrogen and oxygen atoms in total. The molecule has 4 aliphatic carbocycles. The molecule has 4 aliphatic rings. The van der Waals surface area contributed by atoms with Crippen molar-refractivity contribution >= 4 is 17.3 Å². The van der Waals surface area contributed by atoms with Crippen molar-refractivity contribution in [3.63, 3.8) is 0 Å². The van der Waals surface area contributed by atoms with Gasteiger partial charge in [-0.1, -0.05) is 38.5 Å². The summed E-state index contributed by atoms with van der Waals surface area (Å²) < 4.78 is 0. The van der Waals surface area contributed by atoms with Crippen LogP contribution in [-0.2, 0) is 14.4 Å². The normalized spacial score (nSPS) is 42.9. The predicted molar refractivity (Wildman–Crippen MR) is 138 cm³/mol. The van der Waals surface area contributed by atoms with Gasteiger partial charge in [0.1, 0.15) is 11.4 Å². The molecule has 37 heavy (non-hydrogen) atoms. The number of fused-ring (bicyclic) bond motifs is 5. The maximum Gasteiger partial charge on any atom is 0.206 e. The highest BCUT2D eigenvalue weighted by Crippen LogP contribution is 2.73. The van der Waals surface area contributed by atoms with Gasteiger partial charge in [-0.15, -0.1) is 0 Å². The Morgan fingerprint density at radius 2 is 1.65 bits per heavy atom. The first-order valence-electron chi connectivity index (χ1n) is 13.2. The van der Waals surface area contributed by atoms with Crippen LogP contribution in [-0.4, -0.2) is 55.1 Å². The van der Waals surface area contributed by atoms with E-state index in [0.29, 0.717) is 12.8 Å². The first-order chi connectivity index (χ1) is 16.7. The van der Waals surface area contributed by atoms with Crippen LogP contribution in [0, 0.1) is 39.4 Å². The van der Waals surface area contributed by atoms with Crippen molar-refractivity contribution in [2.24, 2.45) is 39.4 Å². The summed E-state index contributed by atoms with van der Waals surface area (Å²) in [6.45, 7) is 13.8. The third kappa shape index (κ3) is 3.60. The quantitative estimate of drug-likeness (QED) is 0.333. The van der Waals surface area contributed by atoms with Gasteiger partial charge in [-0.05, 0) is 76.4 Å². The summed E-state index contributed by atoms with van der Waals surface area (Å²) in [4.78, 5) is 40.1. The van der Waals surface area contributed by atoms with Gasteiger partial charge in [0.2, 0.25) is 5.78 Å². The van der Waals surface area contributed by atoms with Crippen molar-refractivity contribution in [2.45, 2.75) is 92.0 Å². The number of ketones is 3. The second-order valence-electron chi connectivity index (χ2n) is 13.9. The van der Waals surface area contributed by atoms with E-state index in [4.69, 9.17) is 0 Å². The predicted octanol–water partition coefficient (Wildman–Crippen LogP) is 3.62. The van der Waals surface area contributed by atoms with Gasteiger partial charge in [-0.2, -0.15) is 0 Å². The minimum atomic E-state index is -1.96. The average molecular weight is 515 g/mol. The van der Waals surface area contributed by atoms with Crippen LogP contribution in [0.15, 0.2) is 35.6 Å². The van der Waals surface area contributed by atoms with Crippen molar-refractivity contribution in [1.82, 2.24) is 0 Å². The lowest BCUT2D eigenvalue weighted by Crippen LogP contribution is -2.64. The largest absolute Gasteiger partial charge is 0.505 e. The van der Waals surface area contributed by atoms with Gasteiger partial charge in [0.15, 0.2) is 11.5 Å². The maximum atomic E-state index is 14.2. The molecule has 0 aromatic heterocycles. The highest BCUT2D eigenvalue weighted by molar-refractivity contribution is 6.02. The zero-order valence-electron chi connectivity index (χ0n) is 23.3. The van der Waals surface area contributed by atoms with Crippen molar-refractivity contribution in [1.29, 1.82) is 0 Å². The Bertz CT molecular complexity index is 1150. The molecular formula is C30H42O7. The van der Waals surface area contributed by atoms with Gasteiger partial charge < -0.3 is 20.4 Å². The first kappa shape index (κ1) is 27.9. The number of allylic oxidation sites excluding steroid dienone is 4. The zero-order valence-corrected chi connectivity index (χ0v) is 23.3. The number of carbonyl (C=O) groups excluding carboxylic acids is 3. The molecule has 204 valence electrons. The molecule has 2 fully saturated rings. The van der Waals surface area contributed by atoms with Crippen LogP contribution < -0.4 is 0 Å². The van der Waals surface area contributed by atoms with E-state index in [0.717, 1.165) is 11.6 Å². The second kappa shape index (κ2) is 7.96. The second-order valence-corrected chi connectivity index (χ2v) is 13.9. The SMILES string of the molecule is CC(C)(O)/C=C/C(=O)[C@](C)(O)[C@H]1[C@H](O)C[C@@]2(C)C3CC=C4C(C=C(O)C(=O)C4(C)C)[C@]3(C)C(=O)C[C@]12C. The molecule has 0 aromatic rings. The Kier molecular flexibility index (Phi) is 6.01. The molecule has 4 N–H and O–H groups in total. The van der Waals surface area contributed by atoms with E-state index >= 15 is 0 Å². The third-order valence-corrected chi connectivity index (χ3v) is 10.8. The summed E-state index contributed by atoms with van der Waals surface area (Å²) in [6, 6.07) is 0. The molecule has 0 spiro atoms. The van der Waals surface area contributed by atoms with E-state index in [1.54, 1.807) is 13.8 Å². The summed E-state index contributed by atoms with van der Waals surface area (Å²) in [6.07, 6.45) is 5.85. The third-order valence-electron chi connectivity index (χ3n) is 10.8. The van der Waals surface area contributed by atoms with Crippen LogP contribution in [0.25, 0.3) is 0 Å². The number of aliphatic hydroxyl groups is 4. The van der Waals surface area contributed by atoms with E-state index < -0.39 is 56.6 Å². The maximum absolute atomic E-state index is 14.2. The van der Waals surface area contributed by atoms with E-state index in [9.17, 15) is 34.8 Å². The number of hydrogen-bond donors (Lipinski definition) is 4. The summed E-state index contributed by atoms with van der Waals surface area (Å²) in [5.74, 6) is -2.98. The molecule has 0 bridgehead atoms. The summed E-state index contributed by atoms with van der Waals surface area (Å²) in [7, 11) is 0. The Morgan fingerprint density at radius 3 is 2.22 bits per heavy atom. The molecule has 0 aliphatic heterocycles. The van der Waals surface area contributed by atoms with Crippen molar-refractivity contribution < 1.29 is 34.8 Å². The molecule has 4 rings (SSSR count). The fourth-order valence-corrected chi connectivity index (χ4v) is 8.58. The fourth-order valence-electron chi connectivity index (χ4n) is 8.58. The highest BCUT2D eigenvalue weighted by atomic mass is 16.3. The topological polar surface area (TPSA) is 132 Å². The van der Waals surface area contributed by atoms with Crippen LogP contribution in [0.1, 0.15) is 74.7 Å². The van der Waals surface area contributed by atoms with Crippen LogP contribution in [0.4, 0.5) is 0 Å². The molecule has 2 unspecified atom stereocenters. The van der Waals surface area contributed by atoms with E-state index in [2.05, 4.69) is 0 Å². The zero-order chi connectivity index (χ0) is 28.1. The summed E-state index contributed by atoms with van der Waals surface area (Å²) in [5.41, 5.74) is -5.75. The number of aliphatic hydroxyl groups excluding tert-OH is 2. The van der Waals surface area contributed by atoms with Gasteiger partial charge in [0, 0.05) is 23.7 Å². The van der Waals surface area contributed by atoms with E-state index in [1.807, 2.05) is 26.8 Å². The molecule has 0 saturated heterocycles. The number of carbonyl (C=O) groups is 3. The molecule has 0 aromatic carbocycles. The average Bonchev–Trinajstić information content (AvgIpc) is 2.96. The Balaban J connectivity index is 1.82. The van der Waals surface area contributed by atoms with Gasteiger partial charge >= 0.3 is 0 Å². The number of hydrogen-bond acceptors (Lipinski definition) is 7. The molecule has 7 heteroatoms. The van der Waals surface area contributed by atoms with E-state index in [-0.39, 0.29) is 29.7 Å². The molecule has 2 saturated carbocycles. The lowest BCUT2D eigenvalue weighted by molar-refractivity contribution is -0.179. The van der Waals surface area contributed by atoms with Gasteiger partial charge in [0.25, 0.3) is 0 Å². The highest BCUT2D eigenvalue weighted by Gasteiger charge is 2.74. The van der Waals surface area contributed by atoms with Crippen LogP contribution in [0.3, 0.4) is 0 Å². The Hall–Kier alpha value is -2.09. The Morgan fingerprint density at radius 1 is 1.05 bits per heavy atom. The van der Waals surface area contributed by atoms with Crippen molar-refractivity contribution in [3.8, 4) is 0 Å². The fraction of sp³-hybridized carbons (Fsp3) is 0.700. The number of rotatable bonds is 4. The molecule has 8 atom stereocenters. The Labute approximate surface area is 219 Å². The molecule has 0 heterocycles. The van der Waals surface area contributed by atoms with E-state index in [1.165, 1.54) is 32.9 Å². The lowest BCUT2D eigenvalue weighted by atomic mass is 9.39. The van der Waals surface area contributed by atoms with Crippen LogP contribution >= 0.6 is 0 Å². The molecule has 0 amide bonds.